The summed E-state index contributed by atoms with van der Waals surface area (Å²) in [7, 11) is 0. The summed E-state index contributed by atoms with van der Waals surface area (Å²) in [6, 6.07) is 3.37. The number of piperazine rings is 1. The lowest BCUT2D eigenvalue weighted by Crippen LogP contribution is -2.44. The van der Waals surface area contributed by atoms with Gasteiger partial charge < -0.3 is 9.73 Å². The maximum absolute atomic E-state index is 12.7. The normalized spacial score (nSPS) is 17.2. The molecule has 4 nitrogen and oxygen atoms in total. The van der Waals surface area contributed by atoms with Gasteiger partial charge in [-0.3, -0.25) is 4.90 Å². The van der Waals surface area contributed by atoms with Crippen LogP contribution in [0.5, 0.6) is 0 Å². The number of halogens is 3. The van der Waals surface area contributed by atoms with Crippen LogP contribution in [0, 0.1) is 0 Å². The molecular weight excluding hydrogens is 315 g/mol. The Bertz CT molecular complexity index is 638. The Morgan fingerprint density at radius 2 is 2.05 bits per heavy atom. The highest BCUT2D eigenvalue weighted by molar-refractivity contribution is 7.99. The lowest BCUT2D eigenvalue weighted by Gasteiger charge is -2.26. The SMILES string of the molecule is FC(F)(F)c1ccc2oc(SCCN3CCNCC3)nc2c1. The van der Waals surface area contributed by atoms with Crippen LogP contribution in [-0.4, -0.2) is 48.4 Å². The Morgan fingerprint density at radius 1 is 1.27 bits per heavy atom. The molecule has 0 radical (unpaired) electrons. The summed E-state index contributed by atoms with van der Waals surface area (Å²) in [5.74, 6) is 0.805. The maximum Gasteiger partial charge on any atom is 0.416 e. The molecule has 2 aromatic rings. The molecule has 8 heteroatoms. The number of hydrogen-bond donors (Lipinski definition) is 1. The molecule has 3 rings (SSSR count). The zero-order valence-electron chi connectivity index (χ0n) is 11.8. The standard InChI is InChI=1S/C14H16F3N3OS/c15-14(16,17)10-1-2-12-11(9-10)19-13(21-12)22-8-7-20-5-3-18-4-6-20/h1-2,9,18H,3-8H2. The van der Waals surface area contributed by atoms with Crippen LogP contribution in [0.3, 0.4) is 0 Å². The molecule has 1 aliphatic heterocycles. The van der Waals surface area contributed by atoms with E-state index in [0.29, 0.717) is 10.8 Å². The number of thioether (sulfide) groups is 1. The monoisotopic (exact) mass is 331 g/mol. The summed E-state index contributed by atoms with van der Waals surface area (Å²) in [4.78, 5) is 6.48. The van der Waals surface area contributed by atoms with E-state index in [9.17, 15) is 13.2 Å². The average Bonchev–Trinajstić information content (AvgIpc) is 2.89. The number of nitrogens with zero attached hydrogens (tertiary/aromatic N) is 2. The van der Waals surface area contributed by atoms with Gasteiger partial charge in [-0.25, -0.2) is 4.98 Å². The summed E-state index contributed by atoms with van der Waals surface area (Å²) < 4.78 is 43.4. The van der Waals surface area contributed by atoms with E-state index in [2.05, 4.69) is 15.2 Å². The van der Waals surface area contributed by atoms with Crippen LogP contribution in [0.2, 0.25) is 0 Å². The van der Waals surface area contributed by atoms with Gasteiger partial charge in [0.1, 0.15) is 5.52 Å². The minimum Gasteiger partial charge on any atom is -0.431 e. The van der Waals surface area contributed by atoms with Crippen molar-refractivity contribution < 1.29 is 17.6 Å². The molecule has 0 bridgehead atoms. The second-order valence-corrected chi connectivity index (χ2v) is 6.15. The molecule has 1 N–H and O–H groups in total. The van der Waals surface area contributed by atoms with Crippen molar-refractivity contribution in [1.29, 1.82) is 0 Å². The van der Waals surface area contributed by atoms with Crippen LogP contribution in [0.25, 0.3) is 11.1 Å². The van der Waals surface area contributed by atoms with Crippen molar-refractivity contribution in [2.75, 3.05) is 38.5 Å². The van der Waals surface area contributed by atoms with Crippen molar-refractivity contribution >= 4 is 22.9 Å². The van der Waals surface area contributed by atoms with Gasteiger partial charge in [-0.2, -0.15) is 13.2 Å². The Morgan fingerprint density at radius 3 is 2.77 bits per heavy atom. The van der Waals surface area contributed by atoms with Gasteiger partial charge in [0.2, 0.25) is 0 Å². The number of alkyl halides is 3. The van der Waals surface area contributed by atoms with Crippen LogP contribution < -0.4 is 5.32 Å². The fraction of sp³-hybridized carbons (Fsp3) is 0.500. The number of aromatic nitrogens is 1. The quantitative estimate of drug-likeness (QED) is 0.873. The predicted molar refractivity (Wildman–Crippen MR) is 79.0 cm³/mol. The van der Waals surface area contributed by atoms with E-state index in [0.717, 1.165) is 50.6 Å². The van der Waals surface area contributed by atoms with E-state index in [1.165, 1.54) is 17.8 Å². The minimum absolute atomic E-state index is 0.250. The number of oxazole rings is 1. The van der Waals surface area contributed by atoms with Gasteiger partial charge in [-0.05, 0) is 18.2 Å². The second-order valence-electron chi connectivity index (χ2n) is 5.10. The van der Waals surface area contributed by atoms with Crippen molar-refractivity contribution in [3.05, 3.63) is 23.8 Å². The first-order chi connectivity index (χ1) is 10.5. The molecule has 0 atom stereocenters. The van der Waals surface area contributed by atoms with Crippen LogP contribution in [0.4, 0.5) is 13.2 Å². The van der Waals surface area contributed by atoms with Crippen LogP contribution in [0.1, 0.15) is 5.56 Å². The Balaban J connectivity index is 1.62. The van der Waals surface area contributed by atoms with Crippen molar-refractivity contribution in [1.82, 2.24) is 15.2 Å². The van der Waals surface area contributed by atoms with E-state index in [1.54, 1.807) is 0 Å². The van der Waals surface area contributed by atoms with Crippen LogP contribution in [-0.2, 0) is 6.18 Å². The number of fused-ring (bicyclic) bond motifs is 1. The maximum atomic E-state index is 12.7. The topological polar surface area (TPSA) is 41.3 Å². The molecule has 1 aliphatic rings. The molecule has 0 aliphatic carbocycles. The van der Waals surface area contributed by atoms with Gasteiger partial charge in [-0.15, -0.1) is 0 Å². The molecule has 22 heavy (non-hydrogen) atoms. The van der Waals surface area contributed by atoms with E-state index >= 15 is 0 Å². The molecule has 1 aromatic carbocycles. The molecule has 2 heterocycles. The highest BCUT2D eigenvalue weighted by Crippen LogP contribution is 2.32. The first-order valence-corrected chi connectivity index (χ1v) is 8.04. The Kier molecular flexibility index (Phi) is 4.60. The van der Waals surface area contributed by atoms with Crippen molar-refractivity contribution in [2.45, 2.75) is 11.4 Å². The molecule has 1 saturated heterocycles. The molecule has 0 spiro atoms. The molecule has 1 fully saturated rings. The third-order valence-corrected chi connectivity index (χ3v) is 4.35. The number of benzene rings is 1. The third-order valence-electron chi connectivity index (χ3n) is 3.54. The Hall–Kier alpha value is -1.25. The van der Waals surface area contributed by atoms with Gasteiger partial charge in [0.25, 0.3) is 5.22 Å². The molecule has 0 saturated carbocycles. The van der Waals surface area contributed by atoms with Crippen molar-refractivity contribution in [3.8, 4) is 0 Å². The van der Waals surface area contributed by atoms with Gasteiger partial charge in [0.15, 0.2) is 5.58 Å². The van der Waals surface area contributed by atoms with Crippen molar-refractivity contribution in [3.63, 3.8) is 0 Å². The molecule has 1 aromatic heterocycles. The van der Waals surface area contributed by atoms with Crippen LogP contribution >= 0.6 is 11.8 Å². The zero-order valence-corrected chi connectivity index (χ0v) is 12.6. The fourth-order valence-electron chi connectivity index (χ4n) is 2.34. The third kappa shape index (κ3) is 3.74. The lowest BCUT2D eigenvalue weighted by atomic mass is 10.2. The Labute approximate surface area is 130 Å². The largest absolute Gasteiger partial charge is 0.431 e. The summed E-state index contributed by atoms with van der Waals surface area (Å²) in [6.07, 6.45) is -4.36. The van der Waals surface area contributed by atoms with E-state index in [4.69, 9.17) is 4.42 Å². The number of hydrogen-bond acceptors (Lipinski definition) is 5. The molecule has 0 unspecified atom stereocenters. The van der Waals surface area contributed by atoms with Gasteiger partial charge in [-0.1, -0.05) is 11.8 Å². The van der Waals surface area contributed by atoms with E-state index < -0.39 is 11.7 Å². The number of nitrogens with one attached hydrogen (secondary N) is 1. The van der Waals surface area contributed by atoms with Crippen LogP contribution in [0.15, 0.2) is 27.8 Å². The smallest absolute Gasteiger partial charge is 0.416 e. The van der Waals surface area contributed by atoms with Gasteiger partial charge in [0.05, 0.1) is 5.56 Å². The predicted octanol–water partition coefficient (Wildman–Crippen LogP) is 2.84. The van der Waals surface area contributed by atoms with Gasteiger partial charge >= 0.3 is 6.18 Å². The summed E-state index contributed by atoms with van der Waals surface area (Å²) >= 11 is 1.43. The highest BCUT2D eigenvalue weighted by atomic mass is 32.2. The highest BCUT2D eigenvalue weighted by Gasteiger charge is 2.31. The summed E-state index contributed by atoms with van der Waals surface area (Å²) in [5.41, 5.74) is -0.0668. The second kappa shape index (κ2) is 6.47. The molecular formula is C14H16F3N3OS. The summed E-state index contributed by atoms with van der Waals surface area (Å²) in [5, 5.41) is 3.71. The average molecular weight is 331 g/mol. The zero-order chi connectivity index (χ0) is 15.6. The van der Waals surface area contributed by atoms with E-state index in [-0.39, 0.29) is 5.52 Å². The fourth-order valence-corrected chi connectivity index (χ4v) is 3.18. The molecule has 0 amide bonds. The van der Waals surface area contributed by atoms with E-state index in [1.807, 2.05) is 0 Å². The first-order valence-electron chi connectivity index (χ1n) is 7.06. The molecule has 120 valence electrons. The lowest BCUT2D eigenvalue weighted by molar-refractivity contribution is -0.137. The first kappa shape index (κ1) is 15.6. The van der Waals surface area contributed by atoms with Gasteiger partial charge in [0, 0.05) is 38.5 Å². The minimum atomic E-state index is -4.36. The number of rotatable bonds is 4. The summed E-state index contributed by atoms with van der Waals surface area (Å²) in [6.45, 7) is 4.94. The van der Waals surface area contributed by atoms with Crippen molar-refractivity contribution in [2.24, 2.45) is 0 Å².